The van der Waals surface area contributed by atoms with E-state index in [0.717, 1.165) is 12.3 Å². The number of hydrogen-bond donors (Lipinski definition) is 2. The Morgan fingerprint density at radius 1 is 1.22 bits per heavy atom. The maximum Gasteiger partial charge on any atom is 0.317 e. The van der Waals surface area contributed by atoms with Crippen LogP contribution in [0.1, 0.15) is 44.9 Å². The molecule has 0 atom stereocenters. The van der Waals surface area contributed by atoms with Gasteiger partial charge in [-0.2, -0.15) is 0 Å². The predicted octanol–water partition coefficient (Wildman–Crippen LogP) is 1.56. The molecule has 0 saturated heterocycles. The van der Waals surface area contributed by atoms with E-state index in [2.05, 4.69) is 5.32 Å². The third-order valence-electron chi connectivity index (χ3n) is 3.30. The van der Waals surface area contributed by atoms with Crippen LogP contribution in [0.4, 0.5) is 0 Å². The van der Waals surface area contributed by atoms with Crippen LogP contribution in [0.25, 0.3) is 0 Å². The Balaban J connectivity index is 1.94. The lowest BCUT2D eigenvalue weighted by molar-refractivity contribution is -0.144. The molecule has 1 fully saturated rings. The Labute approximate surface area is 108 Å². The van der Waals surface area contributed by atoms with E-state index >= 15 is 0 Å². The Morgan fingerprint density at radius 2 is 1.94 bits per heavy atom. The van der Waals surface area contributed by atoms with Crippen LogP contribution in [-0.2, 0) is 14.3 Å². The summed E-state index contributed by atoms with van der Waals surface area (Å²) in [6, 6.07) is 0. The lowest BCUT2D eigenvalue weighted by atomic mass is 9.87. The van der Waals surface area contributed by atoms with Crippen molar-refractivity contribution < 1.29 is 19.4 Å². The van der Waals surface area contributed by atoms with Crippen LogP contribution in [-0.4, -0.2) is 36.7 Å². The average molecular weight is 257 g/mol. The van der Waals surface area contributed by atoms with Crippen molar-refractivity contribution in [3.8, 4) is 0 Å². The second-order valence-electron chi connectivity index (χ2n) is 4.83. The highest BCUT2D eigenvalue weighted by atomic mass is 16.5. The molecule has 0 aliphatic heterocycles. The van der Waals surface area contributed by atoms with Crippen molar-refractivity contribution in [1.29, 1.82) is 0 Å². The molecule has 0 spiro atoms. The third kappa shape index (κ3) is 7.27. The molecule has 5 heteroatoms. The number of ether oxygens (including phenoxy) is 1. The molecule has 0 unspecified atom stereocenters. The number of rotatable bonds is 8. The maximum absolute atomic E-state index is 11.3. The van der Waals surface area contributed by atoms with E-state index < -0.39 is 5.97 Å². The molecule has 0 bridgehead atoms. The van der Waals surface area contributed by atoms with Crippen LogP contribution in [0.15, 0.2) is 0 Å². The second-order valence-corrected chi connectivity index (χ2v) is 4.83. The SMILES string of the molecule is O=C(O)CNCCC(=O)OCCC1CCCCC1. The third-order valence-corrected chi connectivity index (χ3v) is 3.30. The first kappa shape index (κ1) is 15.0. The lowest BCUT2D eigenvalue weighted by Crippen LogP contribution is -2.25. The number of carbonyl (C=O) groups excluding carboxylic acids is 1. The van der Waals surface area contributed by atoms with Crippen molar-refractivity contribution in [2.24, 2.45) is 5.92 Å². The minimum absolute atomic E-state index is 0.116. The van der Waals surface area contributed by atoms with Gasteiger partial charge in [-0.25, -0.2) is 0 Å². The van der Waals surface area contributed by atoms with Crippen LogP contribution in [0.3, 0.4) is 0 Å². The Hall–Kier alpha value is -1.10. The first-order valence-electron chi connectivity index (χ1n) is 6.76. The van der Waals surface area contributed by atoms with Gasteiger partial charge in [0.1, 0.15) is 0 Å². The fourth-order valence-corrected chi connectivity index (χ4v) is 2.27. The van der Waals surface area contributed by atoms with Crippen molar-refractivity contribution in [3.63, 3.8) is 0 Å². The minimum Gasteiger partial charge on any atom is -0.480 e. The summed E-state index contributed by atoms with van der Waals surface area (Å²) < 4.78 is 5.13. The predicted molar refractivity (Wildman–Crippen MR) is 67.3 cm³/mol. The zero-order chi connectivity index (χ0) is 13.2. The topological polar surface area (TPSA) is 75.6 Å². The summed E-state index contributed by atoms with van der Waals surface area (Å²) in [7, 11) is 0. The van der Waals surface area contributed by atoms with E-state index in [1.54, 1.807) is 0 Å². The van der Waals surface area contributed by atoms with Gasteiger partial charge in [0.15, 0.2) is 0 Å². The molecule has 5 nitrogen and oxygen atoms in total. The quantitative estimate of drug-likeness (QED) is 0.510. The van der Waals surface area contributed by atoms with Crippen molar-refractivity contribution in [3.05, 3.63) is 0 Å². The van der Waals surface area contributed by atoms with Crippen molar-refractivity contribution in [2.75, 3.05) is 19.7 Å². The summed E-state index contributed by atoms with van der Waals surface area (Å²) in [5, 5.41) is 11.0. The van der Waals surface area contributed by atoms with E-state index in [-0.39, 0.29) is 18.9 Å². The summed E-state index contributed by atoms with van der Waals surface area (Å²) in [6.07, 6.45) is 7.67. The van der Waals surface area contributed by atoms with Gasteiger partial charge in [0.25, 0.3) is 0 Å². The largest absolute Gasteiger partial charge is 0.480 e. The number of carbonyl (C=O) groups is 2. The van der Waals surface area contributed by atoms with Gasteiger partial charge < -0.3 is 15.2 Å². The van der Waals surface area contributed by atoms with Gasteiger partial charge in [0, 0.05) is 6.54 Å². The summed E-state index contributed by atoms with van der Waals surface area (Å²) in [6.45, 7) is 0.742. The van der Waals surface area contributed by atoms with Crippen LogP contribution in [0, 0.1) is 5.92 Å². The van der Waals surface area contributed by atoms with Crippen molar-refractivity contribution in [1.82, 2.24) is 5.32 Å². The average Bonchev–Trinajstić information content (AvgIpc) is 2.36. The summed E-state index contributed by atoms with van der Waals surface area (Å²) in [5.41, 5.74) is 0. The van der Waals surface area contributed by atoms with Crippen LogP contribution in [0.2, 0.25) is 0 Å². The molecular weight excluding hydrogens is 234 g/mol. The molecule has 1 rings (SSSR count). The minimum atomic E-state index is -0.916. The molecule has 1 saturated carbocycles. The molecule has 18 heavy (non-hydrogen) atoms. The van der Waals surface area contributed by atoms with Crippen molar-refractivity contribution in [2.45, 2.75) is 44.9 Å². The Morgan fingerprint density at radius 3 is 2.61 bits per heavy atom. The number of carboxylic acids is 1. The smallest absolute Gasteiger partial charge is 0.317 e. The van der Waals surface area contributed by atoms with Crippen LogP contribution in [0.5, 0.6) is 0 Å². The van der Waals surface area contributed by atoms with Crippen LogP contribution < -0.4 is 5.32 Å². The van der Waals surface area contributed by atoms with E-state index in [0.29, 0.717) is 13.2 Å². The van der Waals surface area contributed by atoms with Crippen molar-refractivity contribution >= 4 is 11.9 Å². The van der Waals surface area contributed by atoms with Gasteiger partial charge in [-0.05, 0) is 12.3 Å². The number of esters is 1. The first-order chi connectivity index (χ1) is 8.68. The highest BCUT2D eigenvalue weighted by Crippen LogP contribution is 2.26. The number of nitrogens with one attached hydrogen (secondary N) is 1. The number of carboxylic acid groups (broad SMARTS) is 1. The van der Waals surface area contributed by atoms with Gasteiger partial charge >= 0.3 is 11.9 Å². The molecule has 104 valence electrons. The molecule has 0 aromatic carbocycles. The normalized spacial score (nSPS) is 16.4. The van der Waals surface area contributed by atoms with Crippen LogP contribution >= 0.6 is 0 Å². The molecule has 0 amide bonds. The second kappa shape index (κ2) is 8.91. The summed E-state index contributed by atoms with van der Waals surface area (Å²) in [5.74, 6) is -0.443. The monoisotopic (exact) mass is 257 g/mol. The first-order valence-corrected chi connectivity index (χ1v) is 6.76. The molecule has 1 aliphatic rings. The Bertz CT molecular complexity index is 262. The molecule has 0 aromatic heterocycles. The van der Waals surface area contributed by atoms with E-state index in [4.69, 9.17) is 9.84 Å². The molecule has 0 aromatic rings. The molecule has 2 N–H and O–H groups in total. The van der Waals surface area contributed by atoms with Gasteiger partial charge in [-0.1, -0.05) is 32.1 Å². The summed E-state index contributed by atoms with van der Waals surface area (Å²) in [4.78, 5) is 21.5. The summed E-state index contributed by atoms with van der Waals surface area (Å²) >= 11 is 0. The molecular formula is C13H23NO4. The highest BCUT2D eigenvalue weighted by Gasteiger charge is 2.13. The molecule has 0 radical (unpaired) electrons. The maximum atomic E-state index is 11.3. The van der Waals surface area contributed by atoms with E-state index in [1.165, 1.54) is 32.1 Å². The highest BCUT2D eigenvalue weighted by molar-refractivity contribution is 5.70. The zero-order valence-electron chi connectivity index (χ0n) is 10.8. The zero-order valence-corrected chi connectivity index (χ0v) is 10.8. The standard InChI is InChI=1S/C13H23NO4/c15-12(16)10-14-8-6-13(17)18-9-7-11-4-2-1-3-5-11/h11,14H,1-10H2,(H,15,16). The Kier molecular flexibility index (Phi) is 7.41. The fraction of sp³-hybridized carbons (Fsp3) is 0.846. The van der Waals surface area contributed by atoms with E-state index in [9.17, 15) is 9.59 Å². The van der Waals surface area contributed by atoms with Gasteiger partial charge in [-0.15, -0.1) is 0 Å². The fourth-order valence-electron chi connectivity index (χ4n) is 2.27. The van der Waals surface area contributed by atoms with Gasteiger partial charge in [0.05, 0.1) is 19.6 Å². The number of aliphatic carboxylic acids is 1. The molecule has 1 aliphatic carbocycles. The van der Waals surface area contributed by atoms with Gasteiger partial charge in [0.2, 0.25) is 0 Å². The van der Waals surface area contributed by atoms with E-state index in [1.807, 2.05) is 0 Å². The number of hydrogen-bond acceptors (Lipinski definition) is 4. The van der Waals surface area contributed by atoms with Gasteiger partial charge in [-0.3, -0.25) is 9.59 Å². The molecule has 0 heterocycles. The lowest BCUT2D eigenvalue weighted by Gasteiger charge is -2.21.